The maximum absolute atomic E-state index is 9.87. The van der Waals surface area contributed by atoms with Gasteiger partial charge in [0.25, 0.3) is 0 Å². The molecule has 0 radical (unpaired) electrons. The number of para-hydroxylation sites is 1. The second-order valence-electron chi connectivity index (χ2n) is 6.12. The minimum atomic E-state index is -0.402. The summed E-state index contributed by atoms with van der Waals surface area (Å²) in [6.45, 7) is 0. The highest BCUT2D eigenvalue weighted by Crippen LogP contribution is 2.52. The molecule has 0 spiro atoms. The zero-order valence-corrected chi connectivity index (χ0v) is 14.4. The number of aromatic hydroxyl groups is 1. The number of benzene rings is 2. The molecular formula is C20H16N4O3. The molecule has 0 amide bonds. The fraction of sp³-hybridized carbons (Fsp3) is 0.100. The standard InChI is InChI=1S/C20H16N4O3/c1-26-14-5-3-2-4-11(14)16-12-7-6-10(25)8-15(12)27-20-17(16)18(22)13(9-21)19(23)24-20/h2-8,16,25H,1H3,(H4,22,23,24). The molecule has 0 bridgehead atoms. The van der Waals surface area contributed by atoms with E-state index in [1.165, 1.54) is 6.07 Å². The normalized spacial score (nSPS) is 14.4. The summed E-state index contributed by atoms with van der Waals surface area (Å²) in [7, 11) is 1.59. The van der Waals surface area contributed by atoms with Crippen LogP contribution < -0.4 is 20.9 Å². The summed E-state index contributed by atoms with van der Waals surface area (Å²) in [6.07, 6.45) is 0. The molecule has 7 heteroatoms. The van der Waals surface area contributed by atoms with E-state index in [2.05, 4.69) is 4.98 Å². The van der Waals surface area contributed by atoms with Crippen molar-refractivity contribution in [1.29, 1.82) is 5.26 Å². The summed E-state index contributed by atoms with van der Waals surface area (Å²) in [4.78, 5) is 4.24. The van der Waals surface area contributed by atoms with Crippen molar-refractivity contribution in [3.05, 3.63) is 64.7 Å². The molecule has 0 aliphatic carbocycles. The second kappa shape index (κ2) is 6.11. The topological polar surface area (TPSA) is 127 Å². The first kappa shape index (κ1) is 16.5. The molecule has 27 heavy (non-hydrogen) atoms. The molecule has 0 fully saturated rings. The maximum atomic E-state index is 9.87. The zero-order chi connectivity index (χ0) is 19.1. The molecule has 1 unspecified atom stereocenters. The van der Waals surface area contributed by atoms with E-state index in [0.29, 0.717) is 17.1 Å². The number of pyridine rings is 1. The molecule has 1 atom stereocenters. The van der Waals surface area contributed by atoms with E-state index in [0.717, 1.165) is 11.1 Å². The molecule has 2 heterocycles. The van der Waals surface area contributed by atoms with Gasteiger partial charge in [0, 0.05) is 23.1 Å². The number of ether oxygens (including phenoxy) is 2. The number of fused-ring (bicyclic) bond motifs is 2. The third-order valence-electron chi connectivity index (χ3n) is 4.63. The van der Waals surface area contributed by atoms with E-state index in [9.17, 15) is 10.4 Å². The fourth-order valence-corrected chi connectivity index (χ4v) is 3.43. The molecule has 1 aromatic heterocycles. The van der Waals surface area contributed by atoms with Gasteiger partial charge < -0.3 is 26.0 Å². The molecule has 4 rings (SSSR count). The molecule has 1 aliphatic rings. The Bertz CT molecular complexity index is 1110. The largest absolute Gasteiger partial charge is 0.508 e. The van der Waals surface area contributed by atoms with E-state index in [4.69, 9.17) is 20.9 Å². The predicted octanol–water partition coefficient (Wildman–Crippen LogP) is 3.12. The Hall–Kier alpha value is -3.92. The smallest absolute Gasteiger partial charge is 0.227 e. The highest BCUT2D eigenvalue weighted by molar-refractivity contribution is 5.76. The molecule has 5 N–H and O–H groups in total. The Kier molecular flexibility index (Phi) is 3.74. The molecule has 0 saturated carbocycles. The summed E-state index contributed by atoms with van der Waals surface area (Å²) in [6, 6.07) is 14.4. The van der Waals surface area contributed by atoms with Gasteiger partial charge in [-0.05, 0) is 12.1 Å². The number of hydrogen-bond donors (Lipinski definition) is 3. The third-order valence-corrected chi connectivity index (χ3v) is 4.63. The number of rotatable bonds is 2. The van der Waals surface area contributed by atoms with E-state index in [1.54, 1.807) is 19.2 Å². The van der Waals surface area contributed by atoms with Crippen molar-refractivity contribution in [3.8, 4) is 29.2 Å². The van der Waals surface area contributed by atoms with Gasteiger partial charge in [-0.15, -0.1) is 0 Å². The Labute approximate surface area is 155 Å². The van der Waals surface area contributed by atoms with Crippen LogP contribution in [0.4, 0.5) is 11.5 Å². The maximum Gasteiger partial charge on any atom is 0.227 e. The van der Waals surface area contributed by atoms with Crippen LogP contribution in [0.5, 0.6) is 23.1 Å². The van der Waals surface area contributed by atoms with Gasteiger partial charge in [0.05, 0.1) is 18.4 Å². The van der Waals surface area contributed by atoms with E-state index >= 15 is 0 Å². The van der Waals surface area contributed by atoms with Crippen molar-refractivity contribution in [2.24, 2.45) is 0 Å². The predicted molar refractivity (Wildman–Crippen MR) is 99.9 cm³/mol. The number of nitrogen functional groups attached to an aromatic ring is 2. The first-order chi connectivity index (χ1) is 13.0. The minimum Gasteiger partial charge on any atom is -0.508 e. The summed E-state index contributed by atoms with van der Waals surface area (Å²) >= 11 is 0. The monoisotopic (exact) mass is 360 g/mol. The zero-order valence-electron chi connectivity index (χ0n) is 14.4. The van der Waals surface area contributed by atoms with Crippen molar-refractivity contribution in [3.63, 3.8) is 0 Å². The lowest BCUT2D eigenvalue weighted by Crippen LogP contribution is -2.17. The molecule has 0 saturated heterocycles. The highest BCUT2D eigenvalue weighted by atomic mass is 16.5. The quantitative estimate of drug-likeness (QED) is 0.501. The van der Waals surface area contributed by atoms with Crippen LogP contribution in [0.25, 0.3) is 0 Å². The number of aromatic nitrogens is 1. The van der Waals surface area contributed by atoms with Crippen LogP contribution in [-0.4, -0.2) is 17.2 Å². The Balaban J connectivity index is 2.08. The van der Waals surface area contributed by atoms with Crippen LogP contribution in [-0.2, 0) is 0 Å². The Morgan fingerprint density at radius 2 is 1.96 bits per heavy atom. The first-order valence-corrected chi connectivity index (χ1v) is 8.17. The van der Waals surface area contributed by atoms with Gasteiger partial charge in [-0.25, -0.2) is 0 Å². The number of anilines is 2. The van der Waals surface area contributed by atoms with Crippen LogP contribution in [0.15, 0.2) is 42.5 Å². The number of phenolic OH excluding ortho intramolecular Hbond substituents is 1. The van der Waals surface area contributed by atoms with Gasteiger partial charge in [-0.2, -0.15) is 10.2 Å². The summed E-state index contributed by atoms with van der Waals surface area (Å²) in [5, 5.41) is 19.3. The molecule has 2 aromatic carbocycles. The highest BCUT2D eigenvalue weighted by Gasteiger charge is 2.35. The summed E-state index contributed by atoms with van der Waals surface area (Å²) in [5.74, 6) is 0.957. The Morgan fingerprint density at radius 3 is 2.70 bits per heavy atom. The van der Waals surface area contributed by atoms with Crippen LogP contribution in [0, 0.1) is 11.3 Å². The van der Waals surface area contributed by atoms with Gasteiger partial charge in [0.15, 0.2) is 0 Å². The van der Waals surface area contributed by atoms with Crippen molar-refractivity contribution in [2.45, 2.75) is 5.92 Å². The van der Waals surface area contributed by atoms with E-state index < -0.39 is 5.92 Å². The minimum absolute atomic E-state index is 0.00358. The molecule has 7 nitrogen and oxygen atoms in total. The van der Waals surface area contributed by atoms with E-state index in [1.807, 2.05) is 30.3 Å². The lowest BCUT2D eigenvalue weighted by molar-refractivity contribution is 0.402. The van der Waals surface area contributed by atoms with Crippen molar-refractivity contribution in [1.82, 2.24) is 4.98 Å². The molecular weight excluding hydrogens is 344 g/mol. The van der Waals surface area contributed by atoms with Crippen LogP contribution >= 0.6 is 0 Å². The van der Waals surface area contributed by atoms with Crippen LogP contribution in [0.3, 0.4) is 0 Å². The van der Waals surface area contributed by atoms with Gasteiger partial charge >= 0.3 is 0 Å². The number of nitrogens with zero attached hydrogens (tertiary/aromatic N) is 2. The lowest BCUT2D eigenvalue weighted by atomic mass is 9.81. The first-order valence-electron chi connectivity index (χ1n) is 8.17. The average molecular weight is 360 g/mol. The molecule has 1 aliphatic heterocycles. The second-order valence-corrected chi connectivity index (χ2v) is 6.12. The Morgan fingerprint density at radius 1 is 1.19 bits per heavy atom. The lowest BCUT2D eigenvalue weighted by Gasteiger charge is -2.30. The fourth-order valence-electron chi connectivity index (χ4n) is 3.43. The number of nitriles is 1. The molecule has 3 aromatic rings. The third kappa shape index (κ3) is 2.47. The summed E-state index contributed by atoms with van der Waals surface area (Å²) < 4.78 is 11.4. The van der Waals surface area contributed by atoms with Crippen molar-refractivity contribution in [2.75, 3.05) is 18.6 Å². The van der Waals surface area contributed by atoms with E-state index in [-0.39, 0.29) is 28.7 Å². The van der Waals surface area contributed by atoms with Gasteiger partial charge in [-0.3, -0.25) is 0 Å². The average Bonchev–Trinajstić information content (AvgIpc) is 2.66. The van der Waals surface area contributed by atoms with Crippen molar-refractivity contribution < 1.29 is 14.6 Å². The number of nitrogens with two attached hydrogens (primary N) is 2. The van der Waals surface area contributed by atoms with Crippen LogP contribution in [0.1, 0.15) is 28.2 Å². The van der Waals surface area contributed by atoms with Crippen molar-refractivity contribution >= 4 is 11.5 Å². The molecule has 134 valence electrons. The van der Waals surface area contributed by atoms with Crippen LogP contribution in [0.2, 0.25) is 0 Å². The number of hydrogen-bond acceptors (Lipinski definition) is 7. The van der Waals surface area contributed by atoms with Gasteiger partial charge in [0.2, 0.25) is 5.88 Å². The van der Waals surface area contributed by atoms with Gasteiger partial charge in [-0.1, -0.05) is 24.3 Å². The SMILES string of the molecule is COc1ccccc1C1c2ccc(O)cc2Oc2nc(N)c(C#N)c(N)c21. The number of methoxy groups -OCH3 is 1. The van der Waals surface area contributed by atoms with Gasteiger partial charge in [0.1, 0.15) is 34.7 Å². The summed E-state index contributed by atoms with van der Waals surface area (Å²) in [5.41, 5.74) is 14.7. The number of phenols is 1.